The maximum atomic E-state index is 12.8. The van der Waals surface area contributed by atoms with Gasteiger partial charge in [0.2, 0.25) is 0 Å². The summed E-state index contributed by atoms with van der Waals surface area (Å²) >= 11 is 1.40. The number of benzene rings is 1. The third-order valence-electron chi connectivity index (χ3n) is 4.49. The van der Waals surface area contributed by atoms with Gasteiger partial charge in [-0.2, -0.15) is 13.2 Å². The Hall–Kier alpha value is -3.73. The van der Waals surface area contributed by atoms with Crippen molar-refractivity contribution < 1.29 is 22.7 Å². The van der Waals surface area contributed by atoms with Gasteiger partial charge in [0.15, 0.2) is 5.82 Å². The first-order chi connectivity index (χ1) is 15.3. The average Bonchev–Trinajstić information content (AvgIpc) is 3.28. The standard InChI is InChI=1S/C21H16F3N5O2S/c1-25-19(30)16-10-12(6-8-26-16)11-31-20-17-15(7-9-32-17)18(28-29-20)27-14-4-2-13(3-5-14)21(22,23)24/h2-10H,11H2,1H3,(H,25,30)(H,27,28). The Bertz CT molecular complexity index is 1260. The number of hydrogen-bond donors (Lipinski definition) is 2. The monoisotopic (exact) mass is 459 g/mol. The number of nitrogens with one attached hydrogen (secondary N) is 2. The summed E-state index contributed by atoms with van der Waals surface area (Å²) in [5.74, 6) is 0.413. The number of halogens is 3. The zero-order chi connectivity index (χ0) is 22.7. The van der Waals surface area contributed by atoms with Crippen LogP contribution in [0.5, 0.6) is 5.88 Å². The van der Waals surface area contributed by atoms with E-state index < -0.39 is 11.7 Å². The number of ether oxygens (including phenoxy) is 1. The summed E-state index contributed by atoms with van der Waals surface area (Å²) in [6.07, 6.45) is -2.87. The maximum absolute atomic E-state index is 12.8. The molecular weight excluding hydrogens is 443 g/mol. The first kappa shape index (κ1) is 21.5. The highest BCUT2D eigenvalue weighted by Gasteiger charge is 2.30. The highest BCUT2D eigenvalue weighted by Crippen LogP contribution is 2.35. The van der Waals surface area contributed by atoms with Crippen LogP contribution in [0.25, 0.3) is 10.1 Å². The van der Waals surface area contributed by atoms with Gasteiger partial charge in [-0.3, -0.25) is 9.78 Å². The third kappa shape index (κ3) is 4.62. The largest absolute Gasteiger partial charge is 0.471 e. The Kier molecular flexibility index (Phi) is 5.91. The predicted octanol–water partition coefficient (Wildman–Crippen LogP) is 4.79. The third-order valence-corrected chi connectivity index (χ3v) is 5.39. The zero-order valence-electron chi connectivity index (χ0n) is 16.6. The van der Waals surface area contributed by atoms with Crippen molar-refractivity contribution in [3.8, 4) is 5.88 Å². The molecule has 0 aliphatic carbocycles. The molecule has 0 spiro atoms. The minimum atomic E-state index is -4.39. The fraction of sp³-hybridized carbons (Fsp3) is 0.143. The van der Waals surface area contributed by atoms with Crippen LogP contribution in [0.15, 0.2) is 54.0 Å². The number of fused-ring (bicyclic) bond motifs is 1. The van der Waals surface area contributed by atoms with Gasteiger partial charge in [-0.1, -0.05) is 0 Å². The van der Waals surface area contributed by atoms with Gasteiger partial charge in [0.25, 0.3) is 11.8 Å². The van der Waals surface area contributed by atoms with E-state index in [1.54, 1.807) is 12.1 Å². The number of carbonyl (C=O) groups is 1. The zero-order valence-corrected chi connectivity index (χ0v) is 17.4. The SMILES string of the molecule is CNC(=O)c1cc(COc2nnc(Nc3ccc(C(F)(F)F)cc3)c3ccsc23)ccn1. The van der Waals surface area contributed by atoms with Crippen LogP contribution in [-0.2, 0) is 12.8 Å². The number of nitrogens with zero attached hydrogens (tertiary/aromatic N) is 3. The van der Waals surface area contributed by atoms with Crippen LogP contribution < -0.4 is 15.4 Å². The summed E-state index contributed by atoms with van der Waals surface area (Å²) < 4.78 is 44.8. The second kappa shape index (κ2) is 8.79. The molecule has 1 amide bonds. The van der Waals surface area contributed by atoms with Gasteiger partial charge in [-0.25, -0.2) is 0 Å². The number of pyridine rings is 1. The van der Waals surface area contributed by atoms with E-state index in [9.17, 15) is 18.0 Å². The van der Waals surface area contributed by atoms with Crippen LogP contribution in [0.1, 0.15) is 21.6 Å². The molecule has 0 radical (unpaired) electrons. The lowest BCUT2D eigenvalue weighted by atomic mass is 10.2. The minimum Gasteiger partial charge on any atom is -0.471 e. The highest BCUT2D eigenvalue weighted by atomic mass is 32.1. The molecule has 3 heterocycles. The van der Waals surface area contributed by atoms with E-state index in [-0.39, 0.29) is 18.2 Å². The molecule has 32 heavy (non-hydrogen) atoms. The van der Waals surface area contributed by atoms with Crippen LogP contribution in [0.4, 0.5) is 24.7 Å². The van der Waals surface area contributed by atoms with Crippen LogP contribution in [0.3, 0.4) is 0 Å². The molecule has 0 fully saturated rings. The van der Waals surface area contributed by atoms with Crippen molar-refractivity contribution in [1.29, 1.82) is 0 Å². The van der Waals surface area contributed by atoms with E-state index in [4.69, 9.17) is 4.74 Å². The molecule has 11 heteroatoms. The van der Waals surface area contributed by atoms with Gasteiger partial charge in [-0.05, 0) is 53.4 Å². The number of anilines is 2. The molecule has 0 bridgehead atoms. The molecule has 0 unspecified atom stereocenters. The molecule has 1 aromatic carbocycles. The van der Waals surface area contributed by atoms with Crippen molar-refractivity contribution in [2.24, 2.45) is 0 Å². The first-order valence-corrected chi connectivity index (χ1v) is 10.2. The fourth-order valence-electron chi connectivity index (χ4n) is 2.89. The highest BCUT2D eigenvalue weighted by molar-refractivity contribution is 7.17. The molecule has 3 aromatic heterocycles. The number of rotatable bonds is 6. The summed E-state index contributed by atoms with van der Waals surface area (Å²) in [5, 5.41) is 16.3. The van der Waals surface area contributed by atoms with E-state index in [0.717, 1.165) is 27.8 Å². The summed E-state index contributed by atoms with van der Waals surface area (Å²) in [6.45, 7) is 0.153. The van der Waals surface area contributed by atoms with Crippen molar-refractivity contribution in [3.05, 3.63) is 70.9 Å². The van der Waals surface area contributed by atoms with Gasteiger partial charge in [0, 0.05) is 24.3 Å². The number of carbonyl (C=O) groups excluding carboxylic acids is 1. The normalized spacial score (nSPS) is 11.4. The Balaban J connectivity index is 1.52. The molecule has 0 atom stereocenters. The van der Waals surface area contributed by atoms with Crippen LogP contribution in [0, 0.1) is 0 Å². The summed E-state index contributed by atoms with van der Waals surface area (Å²) in [7, 11) is 1.52. The van der Waals surface area contributed by atoms with Crippen molar-refractivity contribution in [2.45, 2.75) is 12.8 Å². The second-order valence-electron chi connectivity index (χ2n) is 6.63. The Labute approximate surface area is 184 Å². The molecule has 4 rings (SSSR count). The van der Waals surface area contributed by atoms with Crippen molar-refractivity contribution >= 4 is 38.8 Å². The van der Waals surface area contributed by atoms with E-state index in [0.29, 0.717) is 17.4 Å². The molecule has 0 aliphatic rings. The van der Waals surface area contributed by atoms with Gasteiger partial charge in [-0.15, -0.1) is 21.5 Å². The molecule has 0 aliphatic heterocycles. The van der Waals surface area contributed by atoms with E-state index in [1.165, 1.54) is 36.7 Å². The summed E-state index contributed by atoms with van der Waals surface area (Å²) in [5.41, 5.74) is 0.732. The molecule has 4 aromatic rings. The van der Waals surface area contributed by atoms with E-state index in [1.807, 2.05) is 11.4 Å². The molecule has 0 saturated carbocycles. The van der Waals surface area contributed by atoms with Gasteiger partial charge < -0.3 is 15.4 Å². The van der Waals surface area contributed by atoms with Gasteiger partial charge in [0.05, 0.1) is 5.56 Å². The summed E-state index contributed by atoms with van der Waals surface area (Å²) in [6, 6.07) is 9.84. The topological polar surface area (TPSA) is 89.0 Å². The van der Waals surface area contributed by atoms with Gasteiger partial charge >= 0.3 is 6.18 Å². The van der Waals surface area contributed by atoms with Crippen LogP contribution in [-0.4, -0.2) is 28.1 Å². The smallest absolute Gasteiger partial charge is 0.416 e. The second-order valence-corrected chi connectivity index (χ2v) is 7.55. The average molecular weight is 459 g/mol. The van der Waals surface area contributed by atoms with Crippen LogP contribution >= 0.6 is 11.3 Å². The Morgan fingerprint density at radius 3 is 2.62 bits per heavy atom. The number of thiophene rings is 1. The fourth-order valence-corrected chi connectivity index (χ4v) is 3.72. The molecule has 2 N–H and O–H groups in total. The lowest BCUT2D eigenvalue weighted by Crippen LogP contribution is -2.19. The molecule has 0 saturated heterocycles. The summed E-state index contributed by atoms with van der Waals surface area (Å²) in [4.78, 5) is 15.8. The predicted molar refractivity (Wildman–Crippen MR) is 114 cm³/mol. The van der Waals surface area contributed by atoms with Crippen LogP contribution in [0.2, 0.25) is 0 Å². The Morgan fingerprint density at radius 1 is 1.12 bits per heavy atom. The molecule has 164 valence electrons. The number of amides is 1. The van der Waals surface area contributed by atoms with Crippen molar-refractivity contribution in [1.82, 2.24) is 20.5 Å². The number of alkyl halides is 3. The number of aromatic nitrogens is 3. The minimum absolute atomic E-state index is 0.153. The maximum Gasteiger partial charge on any atom is 0.416 e. The van der Waals surface area contributed by atoms with Crippen molar-refractivity contribution in [3.63, 3.8) is 0 Å². The lowest BCUT2D eigenvalue weighted by molar-refractivity contribution is -0.137. The first-order valence-electron chi connectivity index (χ1n) is 9.33. The lowest BCUT2D eigenvalue weighted by Gasteiger charge is -2.11. The quantitative estimate of drug-likeness (QED) is 0.431. The number of hydrogen-bond acceptors (Lipinski definition) is 7. The Morgan fingerprint density at radius 2 is 1.91 bits per heavy atom. The van der Waals surface area contributed by atoms with E-state index >= 15 is 0 Å². The van der Waals surface area contributed by atoms with Crippen molar-refractivity contribution in [2.75, 3.05) is 12.4 Å². The molecule has 7 nitrogen and oxygen atoms in total. The van der Waals surface area contributed by atoms with Gasteiger partial charge in [0.1, 0.15) is 17.0 Å². The van der Waals surface area contributed by atoms with E-state index in [2.05, 4.69) is 25.8 Å². The molecular formula is C21H16F3N5O2S.